The fourth-order valence-electron chi connectivity index (χ4n) is 4.65. The van der Waals surface area contributed by atoms with E-state index in [1.807, 2.05) is 5.32 Å². The van der Waals surface area contributed by atoms with E-state index in [0.717, 1.165) is 4.90 Å². The summed E-state index contributed by atoms with van der Waals surface area (Å²) in [6.45, 7) is -0.0535. The van der Waals surface area contributed by atoms with Gasteiger partial charge in [-0.15, -0.1) is 0 Å². The Morgan fingerprint density at radius 3 is 2.53 bits per heavy atom. The molecule has 1 fully saturated rings. The number of halogens is 3. The number of rotatable bonds is 8. The molecule has 4 rings (SSSR count). The summed E-state index contributed by atoms with van der Waals surface area (Å²) in [5.74, 6) is -13.9. The quantitative estimate of drug-likeness (QED) is 0.128. The molecule has 0 spiro atoms. The first kappa shape index (κ1) is 31.1. The van der Waals surface area contributed by atoms with Crippen LogP contribution in [0, 0.1) is 17.5 Å². The van der Waals surface area contributed by atoms with Crippen LogP contribution in [-0.4, -0.2) is 94.0 Å². The van der Waals surface area contributed by atoms with Crippen molar-refractivity contribution in [1.82, 2.24) is 20.4 Å². The van der Waals surface area contributed by atoms with Crippen molar-refractivity contribution in [2.45, 2.75) is 24.8 Å². The zero-order valence-corrected chi connectivity index (χ0v) is 22.2. The third kappa shape index (κ3) is 6.19. The van der Waals surface area contributed by atoms with Crippen molar-refractivity contribution in [3.8, 4) is 11.5 Å². The van der Waals surface area contributed by atoms with Crippen molar-refractivity contribution in [3.05, 3.63) is 58.4 Å². The monoisotopic (exact) mass is 607 g/mol. The molecule has 43 heavy (non-hydrogen) atoms. The average Bonchev–Trinajstić information content (AvgIpc) is 2.97. The first-order valence-electron chi connectivity index (χ1n) is 12.8. The molecule has 2 aliphatic rings. The number of carbonyl (C=O) groups excluding carboxylic acids is 4. The number of hydrogen-bond acceptors (Lipinski definition) is 9. The van der Waals surface area contributed by atoms with Crippen LogP contribution in [0.15, 0.2) is 24.3 Å². The van der Waals surface area contributed by atoms with Crippen LogP contribution in [0.3, 0.4) is 0 Å². The minimum Gasteiger partial charge on any atom is -0.534 e. The second kappa shape index (κ2) is 12.6. The van der Waals surface area contributed by atoms with Crippen molar-refractivity contribution < 1.29 is 57.0 Å². The minimum atomic E-state index is -2.27. The van der Waals surface area contributed by atoms with Crippen molar-refractivity contribution >= 4 is 36.8 Å². The molecule has 14 nitrogen and oxygen atoms in total. The number of amides is 5. The maximum absolute atomic E-state index is 14.9. The van der Waals surface area contributed by atoms with E-state index >= 15 is 0 Å². The van der Waals surface area contributed by atoms with Crippen LogP contribution in [0.25, 0.3) is 0 Å². The van der Waals surface area contributed by atoms with Crippen LogP contribution in [0.2, 0.25) is 0 Å². The van der Waals surface area contributed by atoms with Crippen LogP contribution in [-0.2, 0) is 20.8 Å². The number of fused-ring (bicyclic) bond motifs is 1. The predicted octanol–water partition coefficient (Wildman–Crippen LogP) is -0.582. The molecule has 1 saturated heterocycles. The van der Waals surface area contributed by atoms with E-state index < -0.39 is 77.6 Å². The number of nitrogens with zero attached hydrogens (tertiary/aromatic N) is 2. The van der Waals surface area contributed by atoms with Gasteiger partial charge in [-0.25, -0.2) is 18.4 Å². The number of phenolic OH excluding ortho intramolecular Hbond substituents is 1. The number of carbonyl (C=O) groups is 5. The standard InChI is InChI=1S/C25H25BF3N5O9/c27-14-10-13(16(28)17(29)19(14)35)18(32-25(41)34-8-7-33(6-2-5-30)22(37)23(34)38)21(36)31-15-9-11-3-1-4-12(24(39)40)20(11)43-26(15)42/h1,3-4,10,15,18,35,42H,2,5-9,30H2,(H,31,36)(H,32,41)(H,39,40)/t15-,18-/m0/s1. The number of para-hydroxylation sites is 1. The molecule has 2 aromatic carbocycles. The molecule has 228 valence electrons. The number of aromatic carboxylic acids is 1. The van der Waals surface area contributed by atoms with Gasteiger partial charge in [0.2, 0.25) is 11.7 Å². The largest absolute Gasteiger partial charge is 0.547 e. The summed E-state index contributed by atoms with van der Waals surface area (Å²) in [5, 5.41) is 33.5. The highest BCUT2D eigenvalue weighted by atomic mass is 19.2. The number of nitrogens with two attached hydrogens (primary N) is 1. The Morgan fingerprint density at radius 1 is 1.14 bits per heavy atom. The topological polar surface area (TPSA) is 212 Å². The van der Waals surface area contributed by atoms with Crippen LogP contribution < -0.4 is 21.0 Å². The van der Waals surface area contributed by atoms with Gasteiger partial charge in [-0.1, -0.05) is 12.1 Å². The van der Waals surface area contributed by atoms with Gasteiger partial charge in [0.15, 0.2) is 17.4 Å². The summed E-state index contributed by atoms with van der Waals surface area (Å²) in [6.07, 6.45) is 0.159. The molecule has 7 N–H and O–H groups in total. The number of benzene rings is 2. The summed E-state index contributed by atoms with van der Waals surface area (Å²) in [5.41, 5.74) is 4.30. The molecule has 2 aliphatic heterocycles. The van der Waals surface area contributed by atoms with Crippen molar-refractivity contribution in [2.75, 3.05) is 26.2 Å². The zero-order chi connectivity index (χ0) is 31.6. The van der Waals surface area contributed by atoms with Gasteiger partial charge in [0, 0.05) is 25.2 Å². The summed E-state index contributed by atoms with van der Waals surface area (Å²) >= 11 is 0. The van der Waals surface area contributed by atoms with Gasteiger partial charge in [-0.3, -0.25) is 19.3 Å². The number of aromatic hydroxyl groups is 1. The van der Waals surface area contributed by atoms with Gasteiger partial charge in [-0.05, 0) is 37.1 Å². The fourth-order valence-corrected chi connectivity index (χ4v) is 4.65. The summed E-state index contributed by atoms with van der Waals surface area (Å²) < 4.78 is 48.7. The number of nitrogens with one attached hydrogen (secondary N) is 2. The number of carboxylic acid groups (broad SMARTS) is 1. The molecular weight excluding hydrogens is 582 g/mol. The van der Waals surface area contributed by atoms with E-state index in [0.29, 0.717) is 11.3 Å². The zero-order valence-electron chi connectivity index (χ0n) is 22.2. The van der Waals surface area contributed by atoms with E-state index in [9.17, 15) is 52.4 Å². The maximum Gasteiger partial charge on any atom is 0.547 e. The first-order chi connectivity index (χ1) is 20.3. The Morgan fingerprint density at radius 2 is 1.86 bits per heavy atom. The van der Waals surface area contributed by atoms with Crippen molar-refractivity contribution in [3.63, 3.8) is 0 Å². The lowest BCUT2D eigenvalue weighted by Gasteiger charge is -2.34. The number of piperazine rings is 1. The molecule has 0 unspecified atom stereocenters. The second-order valence-electron chi connectivity index (χ2n) is 9.62. The van der Waals surface area contributed by atoms with Gasteiger partial charge in [0.05, 0.1) is 11.5 Å². The Balaban J connectivity index is 1.61. The highest BCUT2D eigenvalue weighted by Crippen LogP contribution is 2.32. The molecule has 2 aromatic rings. The SMILES string of the molecule is NCCCN1CCN(C(=O)N[C@H](C(=O)N[C@H]2Cc3cccc(C(=O)O)c3OB2O)c2cc(F)c(O)c(F)c2F)C(=O)C1=O. The summed E-state index contributed by atoms with van der Waals surface area (Å²) in [4.78, 5) is 64.6. The molecule has 0 radical (unpaired) electrons. The first-order valence-corrected chi connectivity index (χ1v) is 12.8. The molecule has 5 amide bonds. The third-order valence-corrected chi connectivity index (χ3v) is 6.87. The average molecular weight is 607 g/mol. The second-order valence-corrected chi connectivity index (χ2v) is 9.62. The number of imide groups is 1. The van der Waals surface area contributed by atoms with Gasteiger partial charge < -0.3 is 41.2 Å². The lowest BCUT2D eigenvalue weighted by molar-refractivity contribution is -0.153. The number of carboxylic acids is 1. The van der Waals surface area contributed by atoms with Gasteiger partial charge >= 0.3 is 30.9 Å². The molecule has 2 atom stereocenters. The van der Waals surface area contributed by atoms with Crippen LogP contribution >= 0.6 is 0 Å². The summed E-state index contributed by atoms with van der Waals surface area (Å²) in [6, 6.07) is 0.650. The van der Waals surface area contributed by atoms with Crippen molar-refractivity contribution in [2.24, 2.45) is 5.73 Å². The van der Waals surface area contributed by atoms with E-state index in [2.05, 4.69) is 5.32 Å². The maximum atomic E-state index is 14.9. The molecule has 0 aromatic heterocycles. The van der Waals surface area contributed by atoms with Gasteiger partial charge in [0.25, 0.3) is 0 Å². The third-order valence-electron chi connectivity index (χ3n) is 6.87. The van der Waals surface area contributed by atoms with Gasteiger partial charge in [-0.2, -0.15) is 4.39 Å². The van der Waals surface area contributed by atoms with Gasteiger partial charge in [0.1, 0.15) is 11.8 Å². The predicted molar refractivity (Wildman–Crippen MR) is 139 cm³/mol. The van der Waals surface area contributed by atoms with Crippen LogP contribution in [0.5, 0.6) is 11.5 Å². The molecule has 0 aliphatic carbocycles. The summed E-state index contributed by atoms with van der Waals surface area (Å²) in [7, 11) is -1.85. The number of hydrogen-bond donors (Lipinski definition) is 6. The lowest BCUT2D eigenvalue weighted by atomic mass is 9.72. The van der Waals surface area contributed by atoms with E-state index in [1.54, 1.807) is 0 Å². The Kier molecular flexibility index (Phi) is 9.10. The molecule has 18 heteroatoms. The van der Waals surface area contributed by atoms with E-state index in [4.69, 9.17) is 10.4 Å². The fraction of sp³-hybridized carbons (Fsp3) is 0.320. The minimum absolute atomic E-state index is 0.0883. The number of urea groups is 1. The van der Waals surface area contributed by atoms with Crippen LogP contribution in [0.1, 0.15) is 33.9 Å². The number of phenols is 1. The molecule has 2 heterocycles. The van der Waals surface area contributed by atoms with Crippen molar-refractivity contribution in [1.29, 1.82) is 0 Å². The lowest BCUT2D eigenvalue weighted by Crippen LogP contribution is -2.60. The normalized spacial score (nSPS) is 17.2. The Labute approximate surface area is 241 Å². The Hall–Kier alpha value is -4.84. The molecular formula is C25H25BF3N5O9. The Bertz CT molecular complexity index is 1500. The molecule has 0 saturated carbocycles. The van der Waals surface area contributed by atoms with E-state index in [-0.39, 0.29) is 55.5 Å². The highest BCUT2D eigenvalue weighted by Gasteiger charge is 2.42. The highest BCUT2D eigenvalue weighted by molar-refractivity contribution is 6.47. The van der Waals surface area contributed by atoms with E-state index in [1.165, 1.54) is 18.2 Å². The smallest absolute Gasteiger partial charge is 0.534 e. The van der Waals surface area contributed by atoms with Crippen LogP contribution in [0.4, 0.5) is 18.0 Å². The molecule has 0 bridgehead atoms.